The molecule has 126 valence electrons. The molecule has 1 saturated heterocycles. The van der Waals surface area contributed by atoms with Crippen molar-refractivity contribution in [1.82, 2.24) is 19.5 Å². The summed E-state index contributed by atoms with van der Waals surface area (Å²) in [7, 11) is 0. The SMILES string of the molecule is CCCC1CCN(Cc2c(C(F)(F)F)nc3ccc(N)nn23)C1. The summed E-state index contributed by atoms with van der Waals surface area (Å²) in [5.41, 5.74) is 5.00. The molecule has 2 N–H and O–H groups in total. The normalized spacial score (nSPS) is 19.7. The summed E-state index contributed by atoms with van der Waals surface area (Å²) in [6.45, 7) is 3.94. The number of likely N-dealkylation sites (tertiary alicyclic amines) is 1. The van der Waals surface area contributed by atoms with Gasteiger partial charge in [-0.05, 0) is 37.4 Å². The molecular weight excluding hydrogens is 307 g/mol. The molecule has 3 rings (SSSR count). The van der Waals surface area contributed by atoms with Gasteiger partial charge in [0.25, 0.3) is 0 Å². The maximum Gasteiger partial charge on any atom is 0.435 e. The highest BCUT2D eigenvalue weighted by molar-refractivity contribution is 5.46. The maximum atomic E-state index is 13.3. The molecule has 0 bridgehead atoms. The van der Waals surface area contributed by atoms with Crippen LogP contribution in [0.4, 0.5) is 19.0 Å². The zero-order valence-corrected chi connectivity index (χ0v) is 13.0. The number of anilines is 1. The highest BCUT2D eigenvalue weighted by Crippen LogP contribution is 2.33. The molecule has 1 unspecified atom stereocenters. The first kappa shape index (κ1) is 16.0. The van der Waals surface area contributed by atoms with Crippen molar-refractivity contribution in [3.05, 3.63) is 23.5 Å². The number of nitrogens with two attached hydrogens (primary N) is 1. The predicted octanol–water partition coefficient (Wildman–Crippen LogP) is 2.95. The highest BCUT2D eigenvalue weighted by Gasteiger charge is 2.39. The van der Waals surface area contributed by atoms with Gasteiger partial charge in [-0.25, -0.2) is 9.50 Å². The average Bonchev–Trinajstić information content (AvgIpc) is 3.04. The lowest BCUT2D eigenvalue weighted by Gasteiger charge is -2.17. The molecule has 1 atom stereocenters. The molecule has 1 aliphatic heterocycles. The third-order valence-corrected chi connectivity index (χ3v) is 4.30. The van der Waals surface area contributed by atoms with E-state index in [0.29, 0.717) is 5.92 Å². The van der Waals surface area contributed by atoms with Gasteiger partial charge in [0.05, 0.1) is 5.69 Å². The van der Waals surface area contributed by atoms with E-state index >= 15 is 0 Å². The van der Waals surface area contributed by atoms with Crippen molar-refractivity contribution in [2.24, 2.45) is 5.92 Å². The molecule has 2 aromatic heterocycles. The molecule has 5 nitrogen and oxygen atoms in total. The molecule has 8 heteroatoms. The zero-order valence-electron chi connectivity index (χ0n) is 13.0. The summed E-state index contributed by atoms with van der Waals surface area (Å²) in [5, 5.41) is 4.01. The Morgan fingerprint density at radius 2 is 2.13 bits per heavy atom. The van der Waals surface area contributed by atoms with Crippen molar-refractivity contribution < 1.29 is 13.2 Å². The van der Waals surface area contributed by atoms with Crippen molar-refractivity contribution in [1.29, 1.82) is 0 Å². The monoisotopic (exact) mass is 327 g/mol. The van der Waals surface area contributed by atoms with Gasteiger partial charge in [0, 0.05) is 13.1 Å². The van der Waals surface area contributed by atoms with E-state index in [0.717, 1.165) is 32.4 Å². The van der Waals surface area contributed by atoms with Crippen LogP contribution in [-0.4, -0.2) is 32.6 Å². The van der Waals surface area contributed by atoms with Crippen LogP contribution in [0.25, 0.3) is 5.65 Å². The van der Waals surface area contributed by atoms with Gasteiger partial charge in [-0.3, -0.25) is 4.90 Å². The lowest BCUT2D eigenvalue weighted by molar-refractivity contribution is -0.141. The van der Waals surface area contributed by atoms with E-state index in [1.54, 1.807) is 0 Å². The number of alkyl halides is 3. The summed E-state index contributed by atoms with van der Waals surface area (Å²) >= 11 is 0. The highest BCUT2D eigenvalue weighted by atomic mass is 19.4. The van der Waals surface area contributed by atoms with E-state index in [-0.39, 0.29) is 23.7 Å². The fourth-order valence-electron chi connectivity index (χ4n) is 3.27. The molecule has 0 saturated carbocycles. The number of rotatable bonds is 4. The number of imidazole rings is 1. The first-order chi connectivity index (χ1) is 10.9. The van der Waals surface area contributed by atoms with Crippen molar-refractivity contribution >= 4 is 11.5 Å². The van der Waals surface area contributed by atoms with Crippen LogP contribution in [0.2, 0.25) is 0 Å². The second kappa shape index (κ2) is 5.99. The van der Waals surface area contributed by atoms with E-state index in [1.165, 1.54) is 16.6 Å². The van der Waals surface area contributed by atoms with Crippen LogP contribution in [0, 0.1) is 5.92 Å². The van der Waals surface area contributed by atoms with Crippen molar-refractivity contribution in [3.63, 3.8) is 0 Å². The number of nitrogens with zero attached hydrogens (tertiary/aromatic N) is 4. The fourth-order valence-corrected chi connectivity index (χ4v) is 3.27. The van der Waals surface area contributed by atoms with Gasteiger partial charge in [-0.1, -0.05) is 13.3 Å². The van der Waals surface area contributed by atoms with E-state index in [1.807, 2.05) is 4.90 Å². The van der Waals surface area contributed by atoms with Crippen LogP contribution in [0.5, 0.6) is 0 Å². The summed E-state index contributed by atoms with van der Waals surface area (Å²) in [6, 6.07) is 2.92. The summed E-state index contributed by atoms with van der Waals surface area (Å²) in [5.74, 6) is 0.738. The Bertz CT molecular complexity index is 694. The lowest BCUT2D eigenvalue weighted by Crippen LogP contribution is -2.23. The van der Waals surface area contributed by atoms with E-state index < -0.39 is 11.9 Å². The van der Waals surface area contributed by atoms with E-state index in [9.17, 15) is 13.2 Å². The van der Waals surface area contributed by atoms with Crippen LogP contribution >= 0.6 is 0 Å². The maximum absolute atomic E-state index is 13.3. The Morgan fingerprint density at radius 1 is 1.35 bits per heavy atom. The second-order valence-electron chi connectivity index (χ2n) is 6.11. The van der Waals surface area contributed by atoms with Crippen LogP contribution in [-0.2, 0) is 12.7 Å². The first-order valence-corrected chi connectivity index (χ1v) is 7.82. The molecule has 23 heavy (non-hydrogen) atoms. The Kier molecular flexibility index (Phi) is 4.18. The Morgan fingerprint density at radius 3 is 2.83 bits per heavy atom. The topological polar surface area (TPSA) is 59.5 Å². The lowest BCUT2D eigenvalue weighted by atomic mass is 10.0. The third-order valence-electron chi connectivity index (χ3n) is 4.30. The molecule has 1 fully saturated rings. The Labute approximate surface area is 132 Å². The number of aromatic nitrogens is 3. The van der Waals surface area contributed by atoms with Crippen molar-refractivity contribution in [3.8, 4) is 0 Å². The van der Waals surface area contributed by atoms with E-state index in [4.69, 9.17) is 5.73 Å². The third kappa shape index (κ3) is 3.26. The van der Waals surface area contributed by atoms with Gasteiger partial charge < -0.3 is 5.73 Å². The predicted molar refractivity (Wildman–Crippen MR) is 80.7 cm³/mol. The smallest absolute Gasteiger partial charge is 0.382 e. The summed E-state index contributed by atoms with van der Waals surface area (Å²) in [4.78, 5) is 5.76. The number of hydrogen-bond donors (Lipinski definition) is 1. The molecule has 0 aliphatic carbocycles. The quantitative estimate of drug-likeness (QED) is 0.938. The molecule has 3 heterocycles. The minimum atomic E-state index is -4.50. The van der Waals surface area contributed by atoms with Gasteiger partial charge in [0.1, 0.15) is 5.82 Å². The number of hydrogen-bond acceptors (Lipinski definition) is 4. The molecule has 0 amide bonds. The van der Waals surface area contributed by atoms with Crippen LogP contribution in [0.15, 0.2) is 12.1 Å². The van der Waals surface area contributed by atoms with Crippen LogP contribution < -0.4 is 5.73 Å². The molecule has 2 aromatic rings. The van der Waals surface area contributed by atoms with Crippen molar-refractivity contribution in [2.45, 2.75) is 38.9 Å². The molecule has 0 radical (unpaired) electrons. The molecular formula is C15H20F3N5. The molecule has 0 spiro atoms. The second-order valence-corrected chi connectivity index (χ2v) is 6.11. The summed E-state index contributed by atoms with van der Waals surface area (Å²) < 4.78 is 41.1. The van der Waals surface area contributed by atoms with Crippen molar-refractivity contribution in [2.75, 3.05) is 18.8 Å². The zero-order chi connectivity index (χ0) is 16.6. The van der Waals surface area contributed by atoms with Gasteiger partial charge in [0.2, 0.25) is 0 Å². The van der Waals surface area contributed by atoms with Gasteiger partial charge in [-0.2, -0.15) is 13.2 Å². The van der Waals surface area contributed by atoms with Gasteiger partial charge in [-0.15, -0.1) is 5.10 Å². The largest absolute Gasteiger partial charge is 0.435 e. The number of halogens is 3. The average molecular weight is 327 g/mol. The first-order valence-electron chi connectivity index (χ1n) is 7.82. The molecule has 1 aliphatic rings. The summed E-state index contributed by atoms with van der Waals surface area (Å²) in [6.07, 6.45) is -1.26. The Hall–Kier alpha value is -1.83. The van der Waals surface area contributed by atoms with Gasteiger partial charge in [0.15, 0.2) is 11.3 Å². The fraction of sp³-hybridized carbons (Fsp3) is 0.600. The minimum Gasteiger partial charge on any atom is -0.382 e. The molecule has 0 aromatic carbocycles. The van der Waals surface area contributed by atoms with Crippen LogP contribution in [0.1, 0.15) is 37.6 Å². The van der Waals surface area contributed by atoms with Gasteiger partial charge >= 0.3 is 6.18 Å². The number of nitrogen functional groups attached to an aromatic ring is 1. The standard InChI is InChI=1S/C15H20F3N5/c1-2-3-10-6-7-22(8-10)9-11-14(15(16,17)18)20-13-5-4-12(19)21-23(11)13/h4-5,10H,2-3,6-9H2,1H3,(H2,19,21). The van der Waals surface area contributed by atoms with E-state index in [2.05, 4.69) is 17.0 Å². The Balaban J connectivity index is 1.93. The minimum absolute atomic E-state index is 0.0666. The number of fused-ring (bicyclic) bond motifs is 1. The van der Waals surface area contributed by atoms with Crippen LogP contribution in [0.3, 0.4) is 0 Å².